The molecule has 0 radical (unpaired) electrons. The van der Waals surface area contributed by atoms with Crippen LogP contribution in [0.15, 0.2) is 18.3 Å². The molecule has 0 spiro atoms. The van der Waals surface area contributed by atoms with Crippen LogP contribution in [-0.2, 0) is 4.74 Å². The number of ether oxygens (including phenoxy) is 1. The largest absolute Gasteiger partial charge is 0.391 e. The first kappa shape index (κ1) is 17.7. The minimum Gasteiger partial charge on any atom is -0.391 e. The predicted octanol–water partition coefficient (Wildman–Crippen LogP) is 0.349. The normalized spacial score (nSPS) is 32.3. The number of aliphatic hydroxyl groups excluding tert-OH is 1. The highest BCUT2D eigenvalue weighted by Gasteiger charge is 2.44. The Bertz CT molecular complexity index is 632. The summed E-state index contributed by atoms with van der Waals surface area (Å²) in [6.45, 7) is 5.29. The lowest BCUT2D eigenvalue weighted by Gasteiger charge is -2.43. The monoisotopic (exact) mass is 360 g/mol. The second-order valence-electron chi connectivity index (χ2n) is 7.66. The van der Waals surface area contributed by atoms with Crippen LogP contribution in [0.5, 0.6) is 0 Å². The minimum absolute atomic E-state index is 0.115. The Kier molecular flexibility index (Phi) is 5.11. The van der Waals surface area contributed by atoms with E-state index in [2.05, 4.69) is 20.1 Å². The molecule has 1 aliphatic carbocycles. The molecule has 7 heteroatoms. The first-order chi connectivity index (χ1) is 12.7. The molecular weight excluding hydrogens is 332 g/mol. The van der Waals surface area contributed by atoms with Gasteiger partial charge in [-0.3, -0.25) is 9.69 Å². The van der Waals surface area contributed by atoms with Crippen molar-refractivity contribution in [1.29, 1.82) is 0 Å². The van der Waals surface area contributed by atoms with Crippen molar-refractivity contribution in [1.82, 2.24) is 15.2 Å². The van der Waals surface area contributed by atoms with Crippen LogP contribution in [0, 0.1) is 11.8 Å². The number of nitrogens with one attached hydrogen (secondary N) is 1. The Labute approximate surface area is 154 Å². The Balaban J connectivity index is 1.41. The summed E-state index contributed by atoms with van der Waals surface area (Å²) in [5, 5.41) is 13.3. The van der Waals surface area contributed by atoms with Gasteiger partial charge < -0.3 is 20.1 Å². The molecule has 3 heterocycles. The van der Waals surface area contributed by atoms with Crippen molar-refractivity contribution < 1.29 is 14.6 Å². The van der Waals surface area contributed by atoms with Crippen LogP contribution in [0.25, 0.3) is 0 Å². The molecule has 1 saturated carbocycles. The summed E-state index contributed by atoms with van der Waals surface area (Å²) in [4.78, 5) is 20.9. The number of carbonyl (C=O) groups excluding carboxylic acids is 1. The van der Waals surface area contributed by atoms with Gasteiger partial charge in [0.05, 0.1) is 24.9 Å². The van der Waals surface area contributed by atoms with Gasteiger partial charge in [0.25, 0.3) is 5.91 Å². The van der Waals surface area contributed by atoms with Gasteiger partial charge in [-0.25, -0.2) is 4.98 Å². The molecule has 142 valence electrons. The third-order valence-corrected chi connectivity index (χ3v) is 6.18. The number of nitrogens with zero attached hydrogens (tertiary/aromatic N) is 3. The van der Waals surface area contributed by atoms with Gasteiger partial charge in [-0.05, 0) is 36.8 Å². The summed E-state index contributed by atoms with van der Waals surface area (Å²) < 4.78 is 5.45. The number of aliphatic hydroxyl groups is 1. The second-order valence-corrected chi connectivity index (χ2v) is 7.66. The summed E-state index contributed by atoms with van der Waals surface area (Å²) in [6.07, 6.45) is 3.29. The molecule has 3 aliphatic rings. The van der Waals surface area contributed by atoms with Crippen molar-refractivity contribution in [2.24, 2.45) is 11.8 Å². The molecule has 1 amide bonds. The molecule has 0 unspecified atom stereocenters. The maximum absolute atomic E-state index is 11.7. The van der Waals surface area contributed by atoms with Crippen molar-refractivity contribution in [3.8, 4) is 0 Å². The van der Waals surface area contributed by atoms with E-state index < -0.39 is 0 Å². The quantitative estimate of drug-likeness (QED) is 0.810. The van der Waals surface area contributed by atoms with E-state index in [-0.39, 0.29) is 18.1 Å². The fraction of sp³-hybridized carbons (Fsp3) is 0.684. The molecule has 0 aromatic carbocycles. The van der Waals surface area contributed by atoms with E-state index in [0.717, 1.165) is 58.1 Å². The summed E-state index contributed by atoms with van der Waals surface area (Å²) in [6, 6.07) is 4.01. The van der Waals surface area contributed by atoms with Gasteiger partial charge in [0.15, 0.2) is 0 Å². The highest BCUT2D eigenvalue weighted by Crippen LogP contribution is 2.39. The number of anilines is 1. The summed E-state index contributed by atoms with van der Waals surface area (Å²) in [5.74, 6) is 1.91. The lowest BCUT2D eigenvalue weighted by molar-refractivity contribution is -0.0520. The molecule has 7 nitrogen and oxygen atoms in total. The van der Waals surface area contributed by atoms with Crippen molar-refractivity contribution in [2.75, 3.05) is 51.3 Å². The second kappa shape index (κ2) is 7.50. The Hall–Kier alpha value is -1.70. The van der Waals surface area contributed by atoms with Gasteiger partial charge in [0.2, 0.25) is 0 Å². The third kappa shape index (κ3) is 3.43. The molecule has 0 bridgehead atoms. The van der Waals surface area contributed by atoms with E-state index in [1.54, 1.807) is 13.2 Å². The Morgan fingerprint density at radius 2 is 1.96 bits per heavy atom. The van der Waals surface area contributed by atoms with E-state index in [4.69, 9.17) is 4.74 Å². The van der Waals surface area contributed by atoms with Gasteiger partial charge in [-0.15, -0.1) is 0 Å². The molecule has 3 fully saturated rings. The highest BCUT2D eigenvalue weighted by molar-refractivity contribution is 5.93. The van der Waals surface area contributed by atoms with Crippen LogP contribution in [0.1, 0.15) is 23.2 Å². The van der Waals surface area contributed by atoms with Gasteiger partial charge in [0.1, 0.15) is 5.82 Å². The molecule has 2 N–H and O–H groups in total. The number of morpholine rings is 1. The lowest BCUT2D eigenvalue weighted by Crippen LogP contribution is -2.53. The van der Waals surface area contributed by atoms with Gasteiger partial charge in [-0.1, -0.05) is 0 Å². The first-order valence-corrected chi connectivity index (χ1v) is 9.58. The average Bonchev–Trinajstić information content (AvgIpc) is 3.10. The fourth-order valence-electron chi connectivity index (χ4n) is 4.75. The number of fused-ring (bicyclic) bond motifs is 1. The zero-order valence-corrected chi connectivity index (χ0v) is 15.3. The third-order valence-electron chi connectivity index (χ3n) is 6.18. The van der Waals surface area contributed by atoms with E-state index in [1.165, 1.54) is 0 Å². The summed E-state index contributed by atoms with van der Waals surface area (Å²) in [7, 11) is 1.62. The zero-order chi connectivity index (χ0) is 18.1. The van der Waals surface area contributed by atoms with Gasteiger partial charge >= 0.3 is 0 Å². The number of rotatable bonds is 3. The van der Waals surface area contributed by atoms with E-state index >= 15 is 0 Å². The predicted molar refractivity (Wildman–Crippen MR) is 98.2 cm³/mol. The molecule has 2 aliphatic heterocycles. The number of pyridine rings is 1. The fourth-order valence-corrected chi connectivity index (χ4v) is 4.75. The molecule has 1 aromatic heterocycles. The highest BCUT2D eigenvalue weighted by atomic mass is 16.5. The minimum atomic E-state index is -0.252. The molecule has 4 atom stereocenters. The summed E-state index contributed by atoms with van der Waals surface area (Å²) in [5.41, 5.74) is 0.579. The maximum Gasteiger partial charge on any atom is 0.252 e. The van der Waals surface area contributed by atoms with Crippen molar-refractivity contribution >= 4 is 11.7 Å². The van der Waals surface area contributed by atoms with Crippen molar-refractivity contribution in [3.05, 3.63) is 23.9 Å². The Morgan fingerprint density at radius 3 is 2.62 bits per heavy atom. The van der Waals surface area contributed by atoms with Crippen LogP contribution in [0.3, 0.4) is 0 Å². The topological polar surface area (TPSA) is 77.9 Å². The average molecular weight is 360 g/mol. The first-order valence-electron chi connectivity index (χ1n) is 9.58. The van der Waals surface area contributed by atoms with Crippen molar-refractivity contribution in [3.63, 3.8) is 0 Å². The standard InChI is InChI=1S/C19H28N4O3/c1-20-19(25)13-2-3-18(21-10-13)23-11-14-8-16(17(24)9-15(14)12-23)22-4-6-26-7-5-22/h2-3,10,14-17,24H,4-9,11-12H2,1H3,(H,20,25)/t14-,15+,16-,17-/m1/s1. The number of hydrogen-bond acceptors (Lipinski definition) is 6. The number of aromatic nitrogens is 1. The number of carbonyl (C=O) groups is 1. The van der Waals surface area contributed by atoms with Gasteiger partial charge in [0, 0.05) is 45.5 Å². The van der Waals surface area contributed by atoms with E-state index in [0.29, 0.717) is 17.4 Å². The Morgan fingerprint density at radius 1 is 1.23 bits per heavy atom. The van der Waals surface area contributed by atoms with Crippen molar-refractivity contribution in [2.45, 2.75) is 25.0 Å². The van der Waals surface area contributed by atoms with Crippen LogP contribution < -0.4 is 10.2 Å². The molecule has 2 saturated heterocycles. The van der Waals surface area contributed by atoms with E-state index in [9.17, 15) is 9.90 Å². The van der Waals surface area contributed by atoms with Crippen LogP contribution in [0.4, 0.5) is 5.82 Å². The number of hydrogen-bond donors (Lipinski definition) is 2. The number of amides is 1. The zero-order valence-electron chi connectivity index (χ0n) is 15.3. The van der Waals surface area contributed by atoms with Crippen LogP contribution >= 0.6 is 0 Å². The van der Waals surface area contributed by atoms with Crippen LogP contribution in [-0.4, -0.2) is 79.5 Å². The van der Waals surface area contributed by atoms with Gasteiger partial charge in [-0.2, -0.15) is 0 Å². The van der Waals surface area contributed by atoms with Crippen LogP contribution in [0.2, 0.25) is 0 Å². The maximum atomic E-state index is 11.7. The van der Waals surface area contributed by atoms with E-state index in [1.807, 2.05) is 12.1 Å². The smallest absolute Gasteiger partial charge is 0.252 e. The SMILES string of the molecule is CNC(=O)c1ccc(N2C[C@H]3C[C@@H](N4CCOCC4)[C@H](O)C[C@H]3C2)nc1. The molecule has 4 rings (SSSR count). The summed E-state index contributed by atoms with van der Waals surface area (Å²) >= 11 is 0. The molecule has 26 heavy (non-hydrogen) atoms. The molecule has 1 aromatic rings. The molecular formula is C19H28N4O3. The lowest BCUT2D eigenvalue weighted by atomic mass is 9.77.